The summed E-state index contributed by atoms with van der Waals surface area (Å²) in [5.41, 5.74) is 1.22. The first-order chi connectivity index (χ1) is 10.3. The van der Waals surface area contributed by atoms with Gasteiger partial charge in [-0.05, 0) is 44.1 Å². The van der Waals surface area contributed by atoms with Gasteiger partial charge in [-0.1, -0.05) is 25.5 Å². The molecule has 2 unspecified atom stereocenters. The summed E-state index contributed by atoms with van der Waals surface area (Å²) in [5, 5.41) is 3.58. The van der Waals surface area contributed by atoms with Crippen molar-refractivity contribution in [2.45, 2.75) is 64.1 Å². The van der Waals surface area contributed by atoms with Gasteiger partial charge in [0.25, 0.3) is 0 Å². The number of hydrogen-bond acceptors (Lipinski definition) is 3. The van der Waals surface area contributed by atoms with Crippen molar-refractivity contribution < 1.29 is 9.47 Å². The van der Waals surface area contributed by atoms with Crippen LogP contribution in [0.15, 0.2) is 18.2 Å². The molecular formula is C18H27NO2. The molecule has 0 aromatic heterocycles. The summed E-state index contributed by atoms with van der Waals surface area (Å²) in [6, 6.07) is 6.92. The third-order valence-electron chi connectivity index (χ3n) is 4.61. The molecule has 2 saturated carbocycles. The van der Waals surface area contributed by atoms with E-state index in [-0.39, 0.29) is 0 Å². The van der Waals surface area contributed by atoms with Gasteiger partial charge in [0.2, 0.25) is 0 Å². The Hall–Kier alpha value is -1.22. The number of para-hydroxylation sites is 1. The first-order valence-electron chi connectivity index (χ1n) is 8.32. The maximum absolute atomic E-state index is 6.37. The lowest BCUT2D eigenvalue weighted by Gasteiger charge is -2.29. The highest BCUT2D eigenvalue weighted by atomic mass is 16.5. The summed E-state index contributed by atoms with van der Waals surface area (Å²) in [6.07, 6.45) is 7.88. The van der Waals surface area contributed by atoms with Crippen molar-refractivity contribution in [2.75, 3.05) is 7.11 Å². The Balaban J connectivity index is 1.73. The topological polar surface area (TPSA) is 30.5 Å². The summed E-state index contributed by atoms with van der Waals surface area (Å²) in [7, 11) is 1.73. The first-order valence-corrected chi connectivity index (χ1v) is 8.32. The van der Waals surface area contributed by atoms with Crippen molar-refractivity contribution in [1.82, 2.24) is 5.32 Å². The third-order valence-corrected chi connectivity index (χ3v) is 4.61. The number of ether oxygens (including phenoxy) is 2. The van der Waals surface area contributed by atoms with Crippen LogP contribution in [0.1, 0.15) is 51.0 Å². The summed E-state index contributed by atoms with van der Waals surface area (Å²) >= 11 is 0. The van der Waals surface area contributed by atoms with E-state index in [1.165, 1.54) is 31.2 Å². The van der Waals surface area contributed by atoms with Gasteiger partial charge in [-0.25, -0.2) is 0 Å². The molecule has 21 heavy (non-hydrogen) atoms. The van der Waals surface area contributed by atoms with Gasteiger partial charge < -0.3 is 14.8 Å². The Morgan fingerprint density at radius 2 is 2.05 bits per heavy atom. The molecule has 3 heteroatoms. The Kier molecular flexibility index (Phi) is 4.69. The number of benzene rings is 1. The van der Waals surface area contributed by atoms with Gasteiger partial charge in [-0.15, -0.1) is 0 Å². The van der Waals surface area contributed by atoms with Crippen LogP contribution in [0.3, 0.4) is 0 Å². The number of hydrogen-bond donors (Lipinski definition) is 1. The molecule has 2 fully saturated rings. The molecular weight excluding hydrogens is 262 g/mol. The van der Waals surface area contributed by atoms with Crippen LogP contribution in [0.5, 0.6) is 11.5 Å². The molecule has 116 valence electrons. The Morgan fingerprint density at radius 3 is 2.76 bits per heavy atom. The fraction of sp³-hybridized carbons (Fsp3) is 0.667. The van der Waals surface area contributed by atoms with Crippen LogP contribution in [-0.2, 0) is 6.54 Å². The predicted octanol–water partition coefficient (Wildman–Crippen LogP) is 3.90. The van der Waals surface area contributed by atoms with Gasteiger partial charge in [-0.2, -0.15) is 0 Å². The molecule has 0 heterocycles. The highest BCUT2D eigenvalue weighted by molar-refractivity contribution is 5.46. The van der Waals surface area contributed by atoms with Crippen LogP contribution >= 0.6 is 0 Å². The monoisotopic (exact) mass is 289 g/mol. The van der Waals surface area contributed by atoms with Crippen LogP contribution in [-0.4, -0.2) is 19.3 Å². The molecule has 1 aromatic carbocycles. The van der Waals surface area contributed by atoms with Gasteiger partial charge >= 0.3 is 0 Å². The maximum atomic E-state index is 6.37. The molecule has 3 nitrogen and oxygen atoms in total. The second-order valence-electron chi connectivity index (χ2n) is 6.62. The molecule has 1 N–H and O–H groups in total. The van der Waals surface area contributed by atoms with Crippen molar-refractivity contribution >= 4 is 0 Å². The van der Waals surface area contributed by atoms with E-state index in [2.05, 4.69) is 24.4 Å². The van der Waals surface area contributed by atoms with Crippen molar-refractivity contribution in [3.63, 3.8) is 0 Å². The van der Waals surface area contributed by atoms with Crippen LogP contribution in [0, 0.1) is 5.92 Å². The van der Waals surface area contributed by atoms with Gasteiger partial charge in [0.1, 0.15) is 0 Å². The lowest BCUT2D eigenvalue weighted by atomic mass is 9.88. The molecule has 2 atom stereocenters. The lowest BCUT2D eigenvalue weighted by molar-refractivity contribution is 0.123. The minimum Gasteiger partial charge on any atom is -0.493 e. The highest BCUT2D eigenvalue weighted by Crippen LogP contribution is 2.35. The standard InChI is InChI=1S/C18H27NO2/c1-13-5-3-7-16(11-13)21-18-14(12-19-15-9-10-15)6-4-8-17(18)20-2/h4,6,8,13,15-16,19H,3,5,7,9-12H2,1-2H3. The van der Waals surface area contributed by atoms with Crippen molar-refractivity contribution in [3.8, 4) is 11.5 Å². The summed E-state index contributed by atoms with van der Waals surface area (Å²) < 4.78 is 11.9. The highest BCUT2D eigenvalue weighted by Gasteiger charge is 2.24. The van der Waals surface area contributed by atoms with E-state index >= 15 is 0 Å². The third kappa shape index (κ3) is 3.91. The van der Waals surface area contributed by atoms with Gasteiger partial charge in [0.15, 0.2) is 11.5 Å². The molecule has 0 spiro atoms. The molecule has 2 aliphatic rings. The Bertz CT molecular complexity index is 470. The second-order valence-corrected chi connectivity index (χ2v) is 6.62. The molecule has 0 bridgehead atoms. The lowest BCUT2D eigenvalue weighted by Crippen LogP contribution is -2.25. The van der Waals surface area contributed by atoms with Crippen molar-refractivity contribution in [1.29, 1.82) is 0 Å². The van der Waals surface area contributed by atoms with Crippen LogP contribution < -0.4 is 14.8 Å². The average Bonchev–Trinajstić information content (AvgIpc) is 3.30. The van der Waals surface area contributed by atoms with Gasteiger partial charge in [0.05, 0.1) is 13.2 Å². The smallest absolute Gasteiger partial charge is 0.166 e. The molecule has 0 saturated heterocycles. The predicted molar refractivity (Wildman–Crippen MR) is 84.9 cm³/mol. The van der Waals surface area contributed by atoms with E-state index in [1.54, 1.807) is 7.11 Å². The fourth-order valence-corrected chi connectivity index (χ4v) is 3.19. The quantitative estimate of drug-likeness (QED) is 0.861. The molecule has 2 aliphatic carbocycles. The Morgan fingerprint density at radius 1 is 1.19 bits per heavy atom. The zero-order valence-corrected chi connectivity index (χ0v) is 13.2. The zero-order valence-electron chi connectivity index (χ0n) is 13.2. The van der Waals surface area contributed by atoms with Crippen LogP contribution in [0.2, 0.25) is 0 Å². The summed E-state index contributed by atoms with van der Waals surface area (Å²) in [5.74, 6) is 2.59. The minimum atomic E-state index is 0.338. The largest absolute Gasteiger partial charge is 0.493 e. The van der Waals surface area contributed by atoms with E-state index < -0.39 is 0 Å². The normalized spacial score (nSPS) is 25.6. The van der Waals surface area contributed by atoms with E-state index in [9.17, 15) is 0 Å². The Labute approximate surface area is 128 Å². The van der Waals surface area contributed by atoms with Gasteiger partial charge in [-0.3, -0.25) is 0 Å². The number of rotatable bonds is 6. The van der Waals surface area contributed by atoms with E-state index in [4.69, 9.17) is 9.47 Å². The van der Waals surface area contributed by atoms with E-state index in [0.717, 1.165) is 36.8 Å². The van der Waals surface area contributed by atoms with E-state index in [0.29, 0.717) is 12.1 Å². The fourth-order valence-electron chi connectivity index (χ4n) is 3.19. The van der Waals surface area contributed by atoms with Crippen LogP contribution in [0.25, 0.3) is 0 Å². The van der Waals surface area contributed by atoms with Crippen molar-refractivity contribution in [2.24, 2.45) is 5.92 Å². The van der Waals surface area contributed by atoms with Crippen molar-refractivity contribution in [3.05, 3.63) is 23.8 Å². The molecule has 1 aromatic rings. The summed E-state index contributed by atoms with van der Waals surface area (Å²) in [6.45, 7) is 3.20. The number of nitrogens with one attached hydrogen (secondary N) is 1. The first kappa shape index (κ1) is 14.7. The second kappa shape index (κ2) is 6.69. The molecule has 0 amide bonds. The maximum Gasteiger partial charge on any atom is 0.166 e. The average molecular weight is 289 g/mol. The number of methoxy groups -OCH3 is 1. The van der Waals surface area contributed by atoms with Crippen LogP contribution in [0.4, 0.5) is 0 Å². The SMILES string of the molecule is COc1cccc(CNC2CC2)c1OC1CCCC(C)C1. The molecule has 3 rings (SSSR count). The minimum absolute atomic E-state index is 0.338. The summed E-state index contributed by atoms with van der Waals surface area (Å²) in [4.78, 5) is 0. The molecule has 0 aliphatic heterocycles. The zero-order chi connectivity index (χ0) is 14.7. The van der Waals surface area contributed by atoms with Gasteiger partial charge in [0, 0.05) is 18.2 Å². The molecule has 0 radical (unpaired) electrons. The van der Waals surface area contributed by atoms with E-state index in [1.807, 2.05) is 6.07 Å².